The molecule has 0 atom stereocenters. The van der Waals surface area contributed by atoms with E-state index in [1.54, 1.807) is 43.1 Å². The third-order valence-electron chi connectivity index (χ3n) is 3.62. The summed E-state index contributed by atoms with van der Waals surface area (Å²) in [7, 11) is 1.62. The van der Waals surface area contributed by atoms with E-state index in [2.05, 4.69) is 15.5 Å². The van der Waals surface area contributed by atoms with Gasteiger partial charge in [-0.2, -0.15) is 16.7 Å². The summed E-state index contributed by atoms with van der Waals surface area (Å²) in [5, 5.41) is 7.39. The van der Waals surface area contributed by atoms with E-state index < -0.39 is 0 Å². The predicted octanol–water partition coefficient (Wildman–Crippen LogP) is 4.66. The number of benzene rings is 2. The van der Waals surface area contributed by atoms with Gasteiger partial charge < -0.3 is 14.6 Å². The number of carbonyl (C=O) groups excluding carboxylic acids is 1. The third-order valence-corrected chi connectivity index (χ3v) is 4.81. The van der Waals surface area contributed by atoms with Crippen LogP contribution in [0, 0.1) is 0 Å². The van der Waals surface area contributed by atoms with Crippen molar-refractivity contribution in [3.05, 3.63) is 59.4 Å². The molecule has 2 aromatic carbocycles. The molecular weight excluding hydrogens is 386 g/mol. The molecule has 0 bridgehead atoms. The number of halogens is 1. The van der Waals surface area contributed by atoms with E-state index >= 15 is 0 Å². The lowest BCUT2D eigenvalue weighted by atomic mass is 10.2. The van der Waals surface area contributed by atoms with Gasteiger partial charge in [-0.25, -0.2) is 0 Å². The molecule has 1 N–H and O–H groups in total. The molecule has 0 aliphatic carbocycles. The molecule has 0 unspecified atom stereocenters. The zero-order chi connectivity index (χ0) is 19.1. The van der Waals surface area contributed by atoms with Gasteiger partial charge in [0, 0.05) is 28.4 Å². The van der Waals surface area contributed by atoms with Gasteiger partial charge in [-0.3, -0.25) is 4.79 Å². The summed E-state index contributed by atoms with van der Waals surface area (Å²) in [6, 6.07) is 14.5. The number of nitrogens with one attached hydrogen (secondary N) is 1. The maximum atomic E-state index is 11.9. The Labute approximate surface area is 166 Å². The highest BCUT2D eigenvalue weighted by molar-refractivity contribution is 7.98. The molecule has 140 valence electrons. The molecule has 1 amide bonds. The second kappa shape index (κ2) is 9.43. The van der Waals surface area contributed by atoms with E-state index in [4.69, 9.17) is 20.9 Å². The number of ether oxygens (including phenoxy) is 1. The van der Waals surface area contributed by atoms with Crippen LogP contribution in [0.3, 0.4) is 0 Å². The Balaban J connectivity index is 1.43. The van der Waals surface area contributed by atoms with Crippen LogP contribution < -0.4 is 10.1 Å². The molecule has 0 saturated carbocycles. The molecule has 1 heterocycles. The van der Waals surface area contributed by atoms with Crippen molar-refractivity contribution in [2.75, 3.05) is 18.2 Å². The van der Waals surface area contributed by atoms with Crippen molar-refractivity contribution in [3.63, 3.8) is 0 Å². The minimum Gasteiger partial charge on any atom is -0.497 e. The van der Waals surface area contributed by atoms with Crippen LogP contribution in [0.1, 0.15) is 12.2 Å². The van der Waals surface area contributed by atoms with Crippen LogP contribution in [-0.2, 0) is 10.5 Å². The summed E-state index contributed by atoms with van der Waals surface area (Å²) in [4.78, 5) is 16.3. The zero-order valence-electron chi connectivity index (χ0n) is 14.6. The normalized spacial score (nSPS) is 10.6. The number of thioether (sulfide) groups is 1. The van der Waals surface area contributed by atoms with Gasteiger partial charge in [-0.05, 0) is 42.5 Å². The minimum atomic E-state index is -0.0585. The summed E-state index contributed by atoms with van der Waals surface area (Å²) in [5.74, 6) is 3.00. The molecule has 0 aliphatic rings. The minimum absolute atomic E-state index is 0.0585. The number of amides is 1. The number of aromatic nitrogens is 2. The van der Waals surface area contributed by atoms with Crippen molar-refractivity contribution < 1.29 is 14.1 Å². The fourth-order valence-electron chi connectivity index (χ4n) is 2.28. The Hall–Kier alpha value is -2.51. The van der Waals surface area contributed by atoms with Crippen molar-refractivity contribution in [1.82, 2.24) is 10.1 Å². The van der Waals surface area contributed by atoms with Crippen molar-refractivity contribution >= 4 is 35.0 Å². The molecule has 0 saturated heterocycles. The average Bonchev–Trinajstić information content (AvgIpc) is 3.14. The van der Waals surface area contributed by atoms with E-state index in [-0.39, 0.29) is 5.91 Å². The second-order valence-electron chi connectivity index (χ2n) is 5.61. The SMILES string of the molecule is COc1ccc(-c2nc(CSCCC(=O)Nc3cccc(Cl)c3)no2)cc1. The molecule has 0 spiro atoms. The van der Waals surface area contributed by atoms with E-state index in [0.717, 1.165) is 11.3 Å². The van der Waals surface area contributed by atoms with Gasteiger partial charge in [0.2, 0.25) is 5.91 Å². The zero-order valence-corrected chi connectivity index (χ0v) is 16.2. The Morgan fingerprint density at radius 1 is 1.26 bits per heavy atom. The van der Waals surface area contributed by atoms with Crippen LogP contribution >= 0.6 is 23.4 Å². The van der Waals surface area contributed by atoms with E-state index in [1.807, 2.05) is 24.3 Å². The van der Waals surface area contributed by atoms with Gasteiger partial charge in [-0.15, -0.1) is 0 Å². The molecule has 0 aliphatic heterocycles. The highest BCUT2D eigenvalue weighted by Gasteiger charge is 2.10. The van der Waals surface area contributed by atoms with Gasteiger partial charge in [0.05, 0.1) is 12.9 Å². The Morgan fingerprint density at radius 3 is 2.81 bits per heavy atom. The van der Waals surface area contributed by atoms with Crippen LogP contribution in [0.2, 0.25) is 5.02 Å². The highest BCUT2D eigenvalue weighted by atomic mass is 35.5. The van der Waals surface area contributed by atoms with E-state index in [1.165, 1.54) is 0 Å². The van der Waals surface area contributed by atoms with Gasteiger partial charge >= 0.3 is 0 Å². The van der Waals surface area contributed by atoms with Crippen LogP contribution in [0.5, 0.6) is 5.75 Å². The average molecular weight is 404 g/mol. The number of hydrogen-bond donors (Lipinski definition) is 1. The van der Waals surface area contributed by atoms with Crippen LogP contribution in [-0.4, -0.2) is 28.9 Å². The summed E-state index contributed by atoms with van der Waals surface area (Å²) in [6.07, 6.45) is 0.389. The molecule has 3 aromatic rings. The number of carbonyl (C=O) groups is 1. The van der Waals surface area contributed by atoms with Gasteiger partial charge in [-0.1, -0.05) is 22.8 Å². The fraction of sp³-hybridized carbons (Fsp3) is 0.211. The second-order valence-corrected chi connectivity index (χ2v) is 7.15. The molecule has 8 heteroatoms. The standard InChI is InChI=1S/C19H18ClN3O3S/c1-25-16-7-5-13(6-8-16)19-22-17(23-26-19)12-27-10-9-18(24)21-15-4-2-3-14(20)11-15/h2-8,11H,9-10,12H2,1H3,(H,21,24). The first-order chi connectivity index (χ1) is 13.1. The monoisotopic (exact) mass is 403 g/mol. The Kier molecular flexibility index (Phi) is 6.73. The lowest BCUT2D eigenvalue weighted by Crippen LogP contribution is -2.12. The van der Waals surface area contributed by atoms with Crippen LogP contribution in [0.25, 0.3) is 11.5 Å². The third kappa shape index (κ3) is 5.74. The van der Waals surface area contributed by atoms with E-state index in [0.29, 0.717) is 40.4 Å². The molecule has 0 fully saturated rings. The maximum Gasteiger partial charge on any atom is 0.257 e. The molecule has 6 nitrogen and oxygen atoms in total. The molecular formula is C19H18ClN3O3S. The first kappa shape index (κ1) is 19.3. The summed E-state index contributed by atoms with van der Waals surface area (Å²) >= 11 is 7.47. The molecule has 0 radical (unpaired) electrons. The van der Waals surface area contributed by atoms with Gasteiger partial charge in [0.25, 0.3) is 5.89 Å². The summed E-state index contributed by atoms with van der Waals surface area (Å²) < 4.78 is 10.4. The topological polar surface area (TPSA) is 77.2 Å². The van der Waals surface area contributed by atoms with Gasteiger partial charge in [0.15, 0.2) is 5.82 Å². The highest BCUT2D eigenvalue weighted by Crippen LogP contribution is 2.22. The number of hydrogen-bond acceptors (Lipinski definition) is 6. The maximum absolute atomic E-state index is 11.9. The first-order valence-electron chi connectivity index (χ1n) is 8.24. The molecule has 1 aromatic heterocycles. The van der Waals surface area contributed by atoms with Gasteiger partial charge in [0.1, 0.15) is 5.75 Å². The lowest BCUT2D eigenvalue weighted by Gasteiger charge is -2.04. The van der Waals surface area contributed by atoms with Crippen molar-refractivity contribution in [3.8, 4) is 17.2 Å². The van der Waals surface area contributed by atoms with Crippen LogP contribution in [0.15, 0.2) is 53.1 Å². The van der Waals surface area contributed by atoms with Crippen molar-refractivity contribution in [2.24, 2.45) is 0 Å². The summed E-state index contributed by atoms with van der Waals surface area (Å²) in [6.45, 7) is 0. The number of anilines is 1. The van der Waals surface area contributed by atoms with E-state index in [9.17, 15) is 4.79 Å². The number of rotatable bonds is 8. The smallest absolute Gasteiger partial charge is 0.257 e. The van der Waals surface area contributed by atoms with Crippen molar-refractivity contribution in [1.29, 1.82) is 0 Å². The summed E-state index contributed by atoms with van der Waals surface area (Å²) in [5.41, 5.74) is 1.53. The largest absolute Gasteiger partial charge is 0.497 e. The quantitative estimate of drug-likeness (QED) is 0.551. The van der Waals surface area contributed by atoms with Crippen LogP contribution in [0.4, 0.5) is 5.69 Å². The number of methoxy groups -OCH3 is 1. The fourth-order valence-corrected chi connectivity index (χ4v) is 3.25. The Morgan fingerprint density at radius 2 is 2.07 bits per heavy atom. The van der Waals surface area contributed by atoms with Crippen molar-refractivity contribution in [2.45, 2.75) is 12.2 Å². The molecule has 27 heavy (non-hydrogen) atoms. The predicted molar refractivity (Wildman–Crippen MR) is 107 cm³/mol. The number of nitrogens with zero attached hydrogens (tertiary/aromatic N) is 2. The molecule has 3 rings (SSSR count). The Bertz CT molecular complexity index is 899. The lowest BCUT2D eigenvalue weighted by molar-refractivity contribution is -0.115. The first-order valence-corrected chi connectivity index (χ1v) is 9.77.